The maximum absolute atomic E-state index is 12.6. The van der Waals surface area contributed by atoms with Crippen LogP contribution in [0.3, 0.4) is 0 Å². The second-order valence-corrected chi connectivity index (χ2v) is 9.70. The summed E-state index contributed by atoms with van der Waals surface area (Å²) in [5.74, 6) is 0.0123. The van der Waals surface area contributed by atoms with E-state index in [1.807, 2.05) is 19.9 Å². The highest BCUT2D eigenvalue weighted by Crippen LogP contribution is 2.29. The minimum atomic E-state index is -3.04. The lowest BCUT2D eigenvalue weighted by Gasteiger charge is -2.26. The van der Waals surface area contributed by atoms with Crippen LogP contribution in [0.4, 0.5) is 0 Å². The normalized spacial score (nSPS) is 20.4. The molecular weight excluding hydrogens is 346 g/mol. The second kappa shape index (κ2) is 7.11. The molecule has 1 amide bonds. The van der Waals surface area contributed by atoms with Crippen molar-refractivity contribution in [2.45, 2.75) is 43.5 Å². The summed E-state index contributed by atoms with van der Waals surface area (Å²) in [6, 6.07) is 3.71. The minimum Gasteiger partial charge on any atom is -0.341 e. The Morgan fingerprint density at radius 3 is 2.71 bits per heavy atom. The molecule has 1 aromatic rings. The molecule has 0 unspecified atom stereocenters. The number of rotatable bonds is 4. The van der Waals surface area contributed by atoms with Gasteiger partial charge in [0, 0.05) is 18.8 Å². The summed E-state index contributed by atoms with van der Waals surface area (Å²) in [7, 11) is -1.39. The molecule has 6 nitrogen and oxygen atoms in total. The predicted molar refractivity (Wildman–Crippen MR) is 93.6 cm³/mol. The van der Waals surface area contributed by atoms with Crippen LogP contribution < -0.4 is 0 Å². The van der Waals surface area contributed by atoms with Crippen molar-refractivity contribution < 1.29 is 13.2 Å². The highest BCUT2D eigenvalue weighted by atomic mass is 32.2. The highest BCUT2D eigenvalue weighted by Gasteiger charge is 2.34. The SMILES string of the molecule is Cc1cc(C)c(C#N)c(S[C@H](C)C(=O)N(C)[C@@H]2CCS(=O)(=O)C2)n1. The number of aryl methyl sites for hydroxylation is 2. The molecule has 0 N–H and O–H groups in total. The Balaban J connectivity index is 2.14. The van der Waals surface area contributed by atoms with Crippen molar-refractivity contribution in [1.82, 2.24) is 9.88 Å². The van der Waals surface area contributed by atoms with Crippen LogP contribution >= 0.6 is 11.8 Å². The number of sulfone groups is 1. The van der Waals surface area contributed by atoms with Gasteiger partial charge in [0.05, 0.1) is 22.3 Å². The Morgan fingerprint density at radius 2 is 2.17 bits per heavy atom. The van der Waals surface area contributed by atoms with Crippen molar-refractivity contribution in [1.29, 1.82) is 5.26 Å². The van der Waals surface area contributed by atoms with Crippen molar-refractivity contribution in [3.63, 3.8) is 0 Å². The molecule has 0 aromatic carbocycles. The first kappa shape index (κ1) is 18.7. The Hall–Kier alpha value is -1.59. The van der Waals surface area contributed by atoms with E-state index in [4.69, 9.17) is 0 Å². The summed E-state index contributed by atoms with van der Waals surface area (Å²) >= 11 is 1.24. The maximum Gasteiger partial charge on any atom is 0.235 e. The molecule has 0 bridgehead atoms. The van der Waals surface area contributed by atoms with Gasteiger partial charge in [0.1, 0.15) is 11.1 Å². The molecule has 1 saturated heterocycles. The minimum absolute atomic E-state index is 0.0257. The third-order valence-electron chi connectivity index (χ3n) is 4.16. The van der Waals surface area contributed by atoms with Gasteiger partial charge in [-0.3, -0.25) is 4.79 Å². The number of hydrogen-bond donors (Lipinski definition) is 0. The zero-order valence-corrected chi connectivity index (χ0v) is 15.9. The fourth-order valence-electron chi connectivity index (χ4n) is 2.79. The van der Waals surface area contributed by atoms with Crippen molar-refractivity contribution in [2.24, 2.45) is 0 Å². The van der Waals surface area contributed by atoms with Gasteiger partial charge in [-0.15, -0.1) is 0 Å². The van der Waals surface area contributed by atoms with Gasteiger partial charge in [-0.25, -0.2) is 13.4 Å². The molecular formula is C16H21N3O3S2. The predicted octanol–water partition coefficient (Wildman–Crippen LogP) is 1.70. The molecule has 2 rings (SSSR count). The number of thioether (sulfide) groups is 1. The van der Waals surface area contributed by atoms with Crippen LogP contribution in [0.2, 0.25) is 0 Å². The van der Waals surface area contributed by atoms with E-state index in [0.717, 1.165) is 11.3 Å². The number of nitriles is 1. The topological polar surface area (TPSA) is 91.1 Å². The molecule has 130 valence electrons. The van der Waals surface area contributed by atoms with Gasteiger partial charge in [-0.1, -0.05) is 11.8 Å². The average Bonchev–Trinajstić information content (AvgIpc) is 2.85. The third-order valence-corrected chi connectivity index (χ3v) is 6.99. The van der Waals surface area contributed by atoms with Gasteiger partial charge in [-0.05, 0) is 38.8 Å². The van der Waals surface area contributed by atoms with Crippen LogP contribution in [0.15, 0.2) is 11.1 Å². The summed E-state index contributed by atoms with van der Waals surface area (Å²) in [5.41, 5.74) is 2.11. The Morgan fingerprint density at radius 1 is 1.50 bits per heavy atom. The largest absolute Gasteiger partial charge is 0.341 e. The number of hydrogen-bond acceptors (Lipinski definition) is 6. The Kier molecular flexibility index (Phi) is 5.56. The number of pyridine rings is 1. The van der Waals surface area contributed by atoms with Crippen molar-refractivity contribution in [3.8, 4) is 6.07 Å². The zero-order chi connectivity index (χ0) is 18.1. The lowest BCUT2D eigenvalue weighted by molar-refractivity contribution is -0.130. The fraction of sp³-hybridized carbons (Fsp3) is 0.562. The summed E-state index contributed by atoms with van der Waals surface area (Å²) in [4.78, 5) is 18.5. The van der Waals surface area contributed by atoms with Gasteiger partial charge in [0.2, 0.25) is 5.91 Å². The summed E-state index contributed by atoms with van der Waals surface area (Å²) < 4.78 is 23.2. The molecule has 24 heavy (non-hydrogen) atoms. The van der Waals surface area contributed by atoms with E-state index in [1.54, 1.807) is 14.0 Å². The maximum atomic E-state index is 12.6. The molecule has 2 heterocycles. The molecule has 1 fully saturated rings. The monoisotopic (exact) mass is 367 g/mol. The van der Waals surface area contributed by atoms with Crippen LogP contribution in [0.5, 0.6) is 0 Å². The van der Waals surface area contributed by atoms with E-state index in [2.05, 4.69) is 11.1 Å². The fourth-order valence-corrected chi connectivity index (χ4v) is 5.69. The van der Waals surface area contributed by atoms with Crippen LogP contribution in [-0.4, -0.2) is 54.1 Å². The van der Waals surface area contributed by atoms with E-state index in [9.17, 15) is 18.5 Å². The van der Waals surface area contributed by atoms with Crippen LogP contribution in [-0.2, 0) is 14.6 Å². The second-order valence-electron chi connectivity index (χ2n) is 6.14. The summed E-state index contributed by atoms with van der Waals surface area (Å²) in [6.45, 7) is 5.45. The number of carbonyl (C=O) groups excluding carboxylic acids is 1. The van der Waals surface area contributed by atoms with Crippen LogP contribution in [0.25, 0.3) is 0 Å². The third kappa shape index (κ3) is 4.08. The first-order valence-corrected chi connectivity index (χ1v) is 10.4. The van der Waals surface area contributed by atoms with E-state index in [1.165, 1.54) is 16.7 Å². The number of amides is 1. The molecule has 0 aliphatic carbocycles. The quantitative estimate of drug-likeness (QED) is 0.752. The molecule has 0 spiro atoms. The van der Waals surface area contributed by atoms with E-state index in [-0.39, 0.29) is 23.5 Å². The zero-order valence-electron chi connectivity index (χ0n) is 14.2. The van der Waals surface area contributed by atoms with Gasteiger partial charge < -0.3 is 4.90 Å². The van der Waals surface area contributed by atoms with Gasteiger partial charge in [-0.2, -0.15) is 5.26 Å². The van der Waals surface area contributed by atoms with E-state index < -0.39 is 15.1 Å². The number of nitrogens with zero attached hydrogens (tertiary/aromatic N) is 3. The molecule has 0 radical (unpaired) electrons. The standard InChI is InChI=1S/C16H21N3O3S2/c1-10-7-11(2)18-15(14(10)8-17)23-12(3)16(20)19(4)13-5-6-24(21,22)9-13/h7,12-13H,5-6,9H2,1-4H3/t12-,13-/m1/s1. The van der Waals surface area contributed by atoms with Crippen LogP contribution in [0, 0.1) is 25.2 Å². The summed E-state index contributed by atoms with van der Waals surface area (Å²) in [5, 5.41) is 9.42. The molecule has 8 heteroatoms. The Labute approximate surface area is 147 Å². The smallest absolute Gasteiger partial charge is 0.235 e. The molecule has 1 aliphatic heterocycles. The molecule has 1 aromatic heterocycles. The van der Waals surface area contributed by atoms with Gasteiger partial charge in [0.15, 0.2) is 9.84 Å². The lowest BCUT2D eigenvalue weighted by atomic mass is 10.1. The Bertz CT molecular complexity index is 800. The van der Waals surface area contributed by atoms with Gasteiger partial charge >= 0.3 is 0 Å². The first-order valence-electron chi connectivity index (χ1n) is 7.66. The van der Waals surface area contributed by atoms with Gasteiger partial charge in [0.25, 0.3) is 0 Å². The number of aromatic nitrogens is 1. The van der Waals surface area contributed by atoms with E-state index >= 15 is 0 Å². The van der Waals surface area contributed by atoms with Crippen molar-refractivity contribution in [2.75, 3.05) is 18.6 Å². The van der Waals surface area contributed by atoms with Crippen LogP contribution in [0.1, 0.15) is 30.2 Å². The highest BCUT2D eigenvalue weighted by molar-refractivity contribution is 8.00. The number of carbonyl (C=O) groups is 1. The molecule has 1 aliphatic rings. The molecule has 0 saturated carbocycles. The summed E-state index contributed by atoms with van der Waals surface area (Å²) in [6.07, 6.45) is 0.479. The van der Waals surface area contributed by atoms with E-state index in [0.29, 0.717) is 17.0 Å². The molecule has 2 atom stereocenters. The lowest BCUT2D eigenvalue weighted by Crippen LogP contribution is -2.41. The van der Waals surface area contributed by atoms with Crippen molar-refractivity contribution >= 4 is 27.5 Å². The average molecular weight is 367 g/mol. The van der Waals surface area contributed by atoms with Crippen molar-refractivity contribution in [3.05, 3.63) is 22.9 Å². The first-order chi connectivity index (χ1) is 11.1.